The van der Waals surface area contributed by atoms with Gasteiger partial charge >= 0.3 is 17.9 Å². The van der Waals surface area contributed by atoms with Gasteiger partial charge in [0.1, 0.15) is 13.2 Å². The van der Waals surface area contributed by atoms with Gasteiger partial charge in [0.2, 0.25) is 0 Å². The average Bonchev–Trinajstić information content (AvgIpc) is 3.34. The number of carbonyl (C=O) groups excluding carboxylic acids is 3. The molecule has 68 heavy (non-hydrogen) atoms. The van der Waals surface area contributed by atoms with Crippen molar-refractivity contribution in [3.05, 3.63) is 85.1 Å². The summed E-state index contributed by atoms with van der Waals surface area (Å²) in [6.07, 6.45) is 73.2. The summed E-state index contributed by atoms with van der Waals surface area (Å²) in [5.74, 6) is -0.902. The Morgan fingerprint density at radius 1 is 0.309 bits per heavy atom. The second kappa shape index (κ2) is 56.2. The van der Waals surface area contributed by atoms with Gasteiger partial charge in [-0.15, -0.1) is 0 Å². The lowest BCUT2D eigenvalue weighted by Gasteiger charge is -2.18. The van der Waals surface area contributed by atoms with Crippen molar-refractivity contribution in [2.75, 3.05) is 13.2 Å². The lowest BCUT2D eigenvalue weighted by molar-refractivity contribution is -0.167. The van der Waals surface area contributed by atoms with Crippen molar-refractivity contribution in [3.8, 4) is 0 Å². The van der Waals surface area contributed by atoms with Gasteiger partial charge in [-0.05, 0) is 96.3 Å². The van der Waals surface area contributed by atoms with Crippen molar-refractivity contribution < 1.29 is 28.6 Å². The van der Waals surface area contributed by atoms with E-state index in [0.29, 0.717) is 19.3 Å². The summed E-state index contributed by atoms with van der Waals surface area (Å²) in [5, 5.41) is 0. The first kappa shape index (κ1) is 64.6. The van der Waals surface area contributed by atoms with E-state index in [1.54, 1.807) is 0 Å². The maximum Gasteiger partial charge on any atom is 0.306 e. The van der Waals surface area contributed by atoms with Crippen LogP contribution in [0.4, 0.5) is 0 Å². The molecule has 0 saturated carbocycles. The molecule has 0 bridgehead atoms. The van der Waals surface area contributed by atoms with Crippen LogP contribution in [-0.2, 0) is 28.6 Å². The largest absolute Gasteiger partial charge is 0.462 e. The van der Waals surface area contributed by atoms with Gasteiger partial charge in [-0.1, -0.05) is 241 Å². The first-order valence-electron chi connectivity index (χ1n) is 28.6. The minimum Gasteiger partial charge on any atom is -0.462 e. The molecule has 6 nitrogen and oxygen atoms in total. The third-order valence-electron chi connectivity index (χ3n) is 12.1. The van der Waals surface area contributed by atoms with Crippen LogP contribution in [0.3, 0.4) is 0 Å². The highest BCUT2D eigenvalue weighted by molar-refractivity contribution is 5.71. The van der Waals surface area contributed by atoms with Gasteiger partial charge in [-0.2, -0.15) is 0 Å². The molecule has 0 aromatic rings. The average molecular weight is 948 g/mol. The summed E-state index contributed by atoms with van der Waals surface area (Å²) < 4.78 is 16.7. The molecule has 1 atom stereocenters. The Morgan fingerprint density at radius 3 is 0.926 bits per heavy atom. The van der Waals surface area contributed by atoms with Crippen molar-refractivity contribution in [1.82, 2.24) is 0 Å². The van der Waals surface area contributed by atoms with Crippen LogP contribution in [0.5, 0.6) is 0 Å². The van der Waals surface area contributed by atoms with Crippen molar-refractivity contribution in [1.29, 1.82) is 0 Å². The molecule has 0 radical (unpaired) electrons. The van der Waals surface area contributed by atoms with E-state index in [0.717, 1.165) is 116 Å². The standard InChI is InChI=1S/C62H106O6/c1-4-7-10-13-16-18-20-22-24-25-26-27-28-29-30-31-32-33-34-35-36-37-39-40-42-44-46-49-52-55-61(64)67-58-59(57-66-60(63)54-51-48-15-12-9-6-3)68-62(65)56-53-50-47-45-43-41-38-23-21-19-17-14-11-8-5-2/h7,10,16-19,22-24,26-27,29-30,38,59H,4-6,8-9,11-15,20-21,25,28,31-37,39-58H2,1-3H3/b10-7-,18-16-,19-17-,24-22-,27-26-,30-29-,38-23-. The Hall–Kier alpha value is -3.41. The molecule has 0 aromatic carbocycles. The SMILES string of the molecule is CC/C=C\C/C=C\C/C=C\C/C=C\C/C=C\CCCCCCCCCCCCCCCC(=O)OCC(COC(=O)CCCCCCCC)OC(=O)CCCCCCC/C=C\C/C=C\CCCCC. The number of carbonyl (C=O) groups is 3. The van der Waals surface area contributed by atoms with Crippen molar-refractivity contribution in [2.24, 2.45) is 0 Å². The molecular formula is C62H106O6. The molecule has 0 aliphatic rings. The van der Waals surface area contributed by atoms with E-state index in [9.17, 15) is 14.4 Å². The maximum absolute atomic E-state index is 12.8. The fraction of sp³-hybridized carbons (Fsp3) is 0.726. The van der Waals surface area contributed by atoms with Crippen molar-refractivity contribution in [2.45, 2.75) is 277 Å². The zero-order chi connectivity index (χ0) is 49.3. The summed E-state index contributed by atoms with van der Waals surface area (Å²) >= 11 is 0. The van der Waals surface area contributed by atoms with Gasteiger partial charge in [-0.3, -0.25) is 14.4 Å². The summed E-state index contributed by atoms with van der Waals surface area (Å²) in [5.41, 5.74) is 0. The van der Waals surface area contributed by atoms with Crippen molar-refractivity contribution >= 4 is 17.9 Å². The number of hydrogen-bond donors (Lipinski definition) is 0. The lowest BCUT2D eigenvalue weighted by Crippen LogP contribution is -2.30. The van der Waals surface area contributed by atoms with E-state index < -0.39 is 6.10 Å². The summed E-state index contributed by atoms with van der Waals surface area (Å²) in [6, 6.07) is 0. The second-order valence-electron chi connectivity index (χ2n) is 18.8. The molecule has 0 aromatic heterocycles. The van der Waals surface area contributed by atoms with E-state index in [1.807, 2.05) is 0 Å². The monoisotopic (exact) mass is 947 g/mol. The van der Waals surface area contributed by atoms with Gasteiger partial charge in [0.15, 0.2) is 6.10 Å². The van der Waals surface area contributed by atoms with E-state index >= 15 is 0 Å². The minimum absolute atomic E-state index is 0.0811. The van der Waals surface area contributed by atoms with Gasteiger partial charge in [0.25, 0.3) is 0 Å². The molecule has 0 spiro atoms. The molecule has 6 heteroatoms. The number of allylic oxidation sites excluding steroid dienone is 14. The van der Waals surface area contributed by atoms with Gasteiger partial charge in [0.05, 0.1) is 0 Å². The normalized spacial score (nSPS) is 12.7. The Bertz CT molecular complexity index is 1320. The highest BCUT2D eigenvalue weighted by Crippen LogP contribution is 2.15. The number of unbranched alkanes of at least 4 members (excludes halogenated alkanes) is 26. The zero-order valence-electron chi connectivity index (χ0n) is 44.6. The van der Waals surface area contributed by atoms with Crippen LogP contribution < -0.4 is 0 Å². The Morgan fingerprint density at radius 2 is 0.574 bits per heavy atom. The predicted molar refractivity (Wildman–Crippen MR) is 293 cm³/mol. The molecule has 0 saturated heterocycles. The lowest BCUT2D eigenvalue weighted by atomic mass is 10.0. The van der Waals surface area contributed by atoms with E-state index in [4.69, 9.17) is 14.2 Å². The maximum atomic E-state index is 12.8. The van der Waals surface area contributed by atoms with Crippen LogP contribution in [0.25, 0.3) is 0 Å². The van der Waals surface area contributed by atoms with Crippen LogP contribution in [0.1, 0.15) is 271 Å². The van der Waals surface area contributed by atoms with Gasteiger partial charge in [0, 0.05) is 19.3 Å². The van der Waals surface area contributed by atoms with Crippen LogP contribution in [0.2, 0.25) is 0 Å². The number of hydrogen-bond acceptors (Lipinski definition) is 6. The molecule has 0 amide bonds. The predicted octanol–water partition coefficient (Wildman–Crippen LogP) is 19.2. The Balaban J connectivity index is 4.08. The third kappa shape index (κ3) is 53.5. The second-order valence-corrected chi connectivity index (χ2v) is 18.8. The molecule has 0 N–H and O–H groups in total. The quantitative estimate of drug-likeness (QED) is 0.0262. The van der Waals surface area contributed by atoms with Crippen LogP contribution >= 0.6 is 0 Å². The molecule has 0 aliphatic carbocycles. The molecule has 0 heterocycles. The van der Waals surface area contributed by atoms with Crippen molar-refractivity contribution in [3.63, 3.8) is 0 Å². The zero-order valence-corrected chi connectivity index (χ0v) is 44.6. The Labute approximate surface area is 420 Å². The molecule has 390 valence electrons. The molecular weight excluding hydrogens is 841 g/mol. The van der Waals surface area contributed by atoms with Crippen LogP contribution in [0.15, 0.2) is 85.1 Å². The van der Waals surface area contributed by atoms with Gasteiger partial charge < -0.3 is 14.2 Å². The third-order valence-corrected chi connectivity index (χ3v) is 12.1. The Kier molecular flexibility index (Phi) is 53.4. The van der Waals surface area contributed by atoms with Crippen LogP contribution in [0, 0.1) is 0 Å². The van der Waals surface area contributed by atoms with Crippen LogP contribution in [-0.4, -0.2) is 37.2 Å². The minimum atomic E-state index is -0.780. The molecule has 0 fully saturated rings. The number of ether oxygens (including phenoxy) is 3. The highest BCUT2D eigenvalue weighted by Gasteiger charge is 2.19. The van der Waals surface area contributed by atoms with E-state index in [1.165, 1.54) is 116 Å². The summed E-state index contributed by atoms with van der Waals surface area (Å²) in [7, 11) is 0. The fourth-order valence-corrected chi connectivity index (χ4v) is 7.85. The number of rotatable bonds is 51. The highest BCUT2D eigenvalue weighted by atomic mass is 16.6. The smallest absolute Gasteiger partial charge is 0.306 e. The fourth-order valence-electron chi connectivity index (χ4n) is 7.85. The van der Waals surface area contributed by atoms with E-state index in [2.05, 4.69) is 106 Å². The first-order chi connectivity index (χ1) is 33.5. The summed E-state index contributed by atoms with van der Waals surface area (Å²) in [4.78, 5) is 37.8. The topological polar surface area (TPSA) is 78.9 Å². The molecule has 0 rings (SSSR count). The van der Waals surface area contributed by atoms with E-state index in [-0.39, 0.29) is 31.1 Å². The summed E-state index contributed by atoms with van der Waals surface area (Å²) in [6.45, 7) is 6.43. The number of esters is 3. The molecule has 1 unspecified atom stereocenters. The first-order valence-corrected chi connectivity index (χ1v) is 28.6. The molecule has 0 aliphatic heterocycles. The van der Waals surface area contributed by atoms with Gasteiger partial charge in [-0.25, -0.2) is 0 Å².